The molecule has 8 nitrogen and oxygen atoms in total. The molecule has 1 saturated carbocycles. The molecule has 8 heteroatoms. The number of amides is 4. The fourth-order valence-electron chi connectivity index (χ4n) is 4.45. The monoisotopic (exact) mass is 382 g/mol. The summed E-state index contributed by atoms with van der Waals surface area (Å²) in [5, 5.41) is 9.16. The zero-order valence-corrected chi connectivity index (χ0v) is 15.4. The Morgan fingerprint density at radius 2 is 1.82 bits per heavy atom. The van der Waals surface area contributed by atoms with E-state index in [9.17, 15) is 19.2 Å². The van der Waals surface area contributed by atoms with E-state index in [1.807, 2.05) is 6.07 Å². The van der Waals surface area contributed by atoms with Crippen molar-refractivity contribution in [1.29, 1.82) is 0 Å². The highest BCUT2D eigenvalue weighted by Crippen LogP contribution is 2.44. The lowest BCUT2D eigenvalue weighted by Crippen LogP contribution is -2.54. The van der Waals surface area contributed by atoms with Gasteiger partial charge in [0.1, 0.15) is 6.04 Å². The first-order valence-corrected chi connectivity index (χ1v) is 9.79. The fourth-order valence-corrected chi connectivity index (χ4v) is 4.45. The van der Waals surface area contributed by atoms with Crippen molar-refractivity contribution in [3.8, 4) is 0 Å². The van der Waals surface area contributed by atoms with Crippen LogP contribution >= 0.6 is 0 Å². The lowest BCUT2D eigenvalue weighted by molar-refractivity contribution is -0.136. The Balaban J connectivity index is 1.33. The van der Waals surface area contributed by atoms with Crippen LogP contribution in [0.3, 0.4) is 0 Å². The first-order chi connectivity index (χ1) is 13.5. The third-order valence-electron chi connectivity index (χ3n) is 6.50. The molecule has 1 unspecified atom stereocenters. The molecule has 1 aromatic carbocycles. The van der Waals surface area contributed by atoms with Crippen molar-refractivity contribution in [3.05, 3.63) is 34.9 Å². The molecular formula is C20H22N4O4. The predicted molar refractivity (Wildman–Crippen MR) is 98.3 cm³/mol. The molecule has 3 heterocycles. The summed E-state index contributed by atoms with van der Waals surface area (Å²) < 4.78 is 0. The van der Waals surface area contributed by atoms with Gasteiger partial charge in [0.2, 0.25) is 11.8 Å². The second-order valence-electron chi connectivity index (χ2n) is 8.19. The summed E-state index contributed by atoms with van der Waals surface area (Å²) in [6.07, 6.45) is 2.63. The Morgan fingerprint density at radius 3 is 2.46 bits per heavy atom. The summed E-state index contributed by atoms with van der Waals surface area (Å²) >= 11 is 0. The summed E-state index contributed by atoms with van der Waals surface area (Å²) in [4.78, 5) is 50.1. The van der Waals surface area contributed by atoms with Gasteiger partial charge in [0.05, 0.1) is 11.1 Å². The van der Waals surface area contributed by atoms with Gasteiger partial charge in [-0.2, -0.15) is 0 Å². The molecule has 3 aliphatic heterocycles. The number of hydrogen-bond donors (Lipinski definition) is 3. The van der Waals surface area contributed by atoms with E-state index in [-0.39, 0.29) is 24.3 Å². The van der Waals surface area contributed by atoms with Gasteiger partial charge in [-0.15, -0.1) is 0 Å². The first kappa shape index (κ1) is 17.5. The average molecular weight is 382 g/mol. The molecule has 3 fully saturated rings. The smallest absolute Gasteiger partial charge is 0.262 e. The largest absolute Gasteiger partial charge is 0.316 e. The van der Waals surface area contributed by atoms with Crippen LogP contribution in [0.2, 0.25) is 0 Å². The number of carbonyl (C=O) groups excluding carboxylic acids is 4. The molecule has 0 spiro atoms. The number of nitrogens with one attached hydrogen (secondary N) is 3. The van der Waals surface area contributed by atoms with E-state index in [0.29, 0.717) is 23.6 Å². The molecule has 2 saturated heterocycles. The number of rotatable bonds is 5. The van der Waals surface area contributed by atoms with E-state index in [1.54, 1.807) is 12.1 Å². The van der Waals surface area contributed by atoms with Gasteiger partial charge in [-0.25, -0.2) is 0 Å². The van der Waals surface area contributed by atoms with E-state index in [2.05, 4.69) is 16.0 Å². The maximum atomic E-state index is 12.9. The molecule has 28 heavy (non-hydrogen) atoms. The number of hydrogen-bond acceptors (Lipinski definition) is 6. The maximum Gasteiger partial charge on any atom is 0.262 e. The molecule has 1 atom stereocenters. The Hall–Kier alpha value is -2.58. The van der Waals surface area contributed by atoms with Crippen LogP contribution in [-0.4, -0.2) is 53.2 Å². The highest BCUT2D eigenvalue weighted by Gasteiger charge is 2.51. The number of benzene rings is 1. The lowest BCUT2D eigenvalue weighted by atomic mass is 9.91. The Bertz CT molecular complexity index is 903. The molecule has 3 N–H and O–H groups in total. The first-order valence-electron chi connectivity index (χ1n) is 9.79. The van der Waals surface area contributed by atoms with Crippen LogP contribution in [0, 0.1) is 5.92 Å². The Morgan fingerprint density at radius 1 is 1.07 bits per heavy atom. The number of carbonyl (C=O) groups is 4. The van der Waals surface area contributed by atoms with Crippen molar-refractivity contribution in [2.75, 3.05) is 13.1 Å². The van der Waals surface area contributed by atoms with Gasteiger partial charge in [-0.05, 0) is 37.0 Å². The number of fused-ring (bicyclic) bond motifs is 1. The molecule has 5 rings (SSSR count). The topological polar surface area (TPSA) is 108 Å². The van der Waals surface area contributed by atoms with Crippen molar-refractivity contribution >= 4 is 23.6 Å². The van der Waals surface area contributed by atoms with Gasteiger partial charge in [-0.1, -0.05) is 6.07 Å². The molecule has 0 aromatic heterocycles. The maximum absolute atomic E-state index is 12.9. The van der Waals surface area contributed by atoms with Gasteiger partial charge >= 0.3 is 0 Å². The second kappa shape index (κ2) is 6.22. The Labute approximate surface area is 162 Å². The lowest BCUT2D eigenvalue weighted by Gasteiger charge is -2.36. The summed E-state index contributed by atoms with van der Waals surface area (Å²) in [5.41, 5.74) is 1.82. The highest BCUT2D eigenvalue weighted by atomic mass is 16.2. The van der Waals surface area contributed by atoms with Crippen molar-refractivity contribution < 1.29 is 19.2 Å². The van der Waals surface area contributed by atoms with Gasteiger partial charge in [0, 0.05) is 37.5 Å². The molecule has 0 bridgehead atoms. The van der Waals surface area contributed by atoms with Crippen molar-refractivity contribution in [1.82, 2.24) is 20.9 Å². The fraction of sp³-hybridized carbons (Fsp3) is 0.500. The molecule has 0 radical (unpaired) electrons. The van der Waals surface area contributed by atoms with E-state index >= 15 is 0 Å². The van der Waals surface area contributed by atoms with Crippen molar-refractivity contribution in [2.24, 2.45) is 5.92 Å². The van der Waals surface area contributed by atoms with Crippen LogP contribution in [-0.2, 0) is 16.1 Å². The summed E-state index contributed by atoms with van der Waals surface area (Å²) in [5.74, 6) is -1.22. The van der Waals surface area contributed by atoms with Gasteiger partial charge < -0.3 is 10.6 Å². The molecular weight excluding hydrogens is 360 g/mol. The van der Waals surface area contributed by atoms with Crippen molar-refractivity contribution in [3.63, 3.8) is 0 Å². The molecule has 4 amide bonds. The summed E-state index contributed by atoms with van der Waals surface area (Å²) in [7, 11) is 0. The van der Waals surface area contributed by atoms with Crippen molar-refractivity contribution in [2.45, 2.75) is 43.8 Å². The van der Waals surface area contributed by atoms with Crippen LogP contribution in [0.4, 0.5) is 0 Å². The van der Waals surface area contributed by atoms with Crippen LogP contribution in [0.25, 0.3) is 0 Å². The average Bonchev–Trinajstić information content (AvgIpc) is 3.35. The SMILES string of the molecule is O=C1CCC(N2C(=O)c3ccc(CNC4(C5CNC5)CC4)cc3C2=O)C(=O)N1. The molecule has 146 valence electrons. The Kier molecular flexibility index (Phi) is 3.89. The second-order valence-corrected chi connectivity index (χ2v) is 8.19. The van der Waals surface area contributed by atoms with E-state index in [4.69, 9.17) is 0 Å². The number of imide groups is 2. The number of piperidine rings is 1. The number of nitrogens with zero attached hydrogens (tertiary/aromatic N) is 1. The van der Waals surface area contributed by atoms with Crippen LogP contribution in [0.5, 0.6) is 0 Å². The minimum absolute atomic E-state index is 0.122. The minimum Gasteiger partial charge on any atom is -0.316 e. The van der Waals surface area contributed by atoms with E-state index in [0.717, 1.165) is 23.6 Å². The standard InChI is InChI=1S/C20H22N4O4/c25-16-4-3-15(17(26)23-16)24-18(27)13-2-1-11(7-14(13)19(24)28)8-22-20(5-6-20)12-9-21-10-12/h1-2,7,12,15,21-22H,3-6,8-10H2,(H,23,25,26). The summed E-state index contributed by atoms with van der Waals surface area (Å²) in [6, 6.07) is 4.36. The van der Waals surface area contributed by atoms with Crippen LogP contribution in [0.15, 0.2) is 18.2 Å². The highest BCUT2D eigenvalue weighted by molar-refractivity contribution is 6.23. The minimum atomic E-state index is -0.924. The molecule has 1 aliphatic carbocycles. The molecule has 1 aromatic rings. The van der Waals surface area contributed by atoms with E-state index in [1.165, 1.54) is 12.8 Å². The van der Waals surface area contributed by atoms with Gasteiger partial charge in [-0.3, -0.25) is 29.4 Å². The quantitative estimate of drug-likeness (QED) is 0.616. The zero-order chi connectivity index (χ0) is 19.5. The summed E-state index contributed by atoms with van der Waals surface area (Å²) in [6.45, 7) is 2.74. The normalized spacial score (nSPS) is 26.1. The van der Waals surface area contributed by atoms with Crippen LogP contribution in [0.1, 0.15) is 52.0 Å². The van der Waals surface area contributed by atoms with Crippen LogP contribution < -0.4 is 16.0 Å². The zero-order valence-electron chi connectivity index (χ0n) is 15.4. The van der Waals surface area contributed by atoms with Gasteiger partial charge in [0.15, 0.2) is 0 Å². The third kappa shape index (κ3) is 2.67. The van der Waals surface area contributed by atoms with E-state index < -0.39 is 23.8 Å². The predicted octanol–water partition coefficient (Wildman–Crippen LogP) is -0.0706. The third-order valence-corrected chi connectivity index (χ3v) is 6.50. The van der Waals surface area contributed by atoms with Gasteiger partial charge in [0.25, 0.3) is 11.8 Å². The molecule has 4 aliphatic rings.